The number of halogens is 2. The van der Waals surface area contributed by atoms with Gasteiger partial charge in [0, 0.05) is 36.1 Å². The Bertz CT molecular complexity index is 1060. The molecular weight excluding hydrogens is 382 g/mol. The average molecular weight is 408 g/mol. The lowest BCUT2D eigenvalue weighted by Crippen LogP contribution is -2.34. The van der Waals surface area contributed by atoms with E-state index in [0.29, 0.717) is 6.42 Å². The fraction of sp³-hybridized carbons (Fsp3) is 0.320. The first-order valence-corrected chi connectivity index (χ1v) is 10.3. The SMILES string of the molecule is CC(C)(C)c1ccc(C2c3cccn3CCC2C(=O)Nc2ccc(F)c(F)c2)cc1. The minimum absolute atomic E-state index is 0.0503. The van der Waals surface area contributed by atoms with E-state index in [-0.39, 0.29) is 28.8 Å². The van der Waals surface area contributed by atoms with E-state index >= 15 is 0 Å². The Balaban J connectivity index is 1.66. The van der Waals surface area contributed by atoms with E-state index in [1.165, 1.54) is 11.6 Å². The number of amides is 1. The molecule has 1 N–H and O–H groups in total. The van der Waals surface area contributed by atoms with Gasteiger partial charge in [0.25, 0.3) is 0 Å². The van der Waals surface area contributed by atoms with Crippen molar-refractivity contribution in [3.8, 4) is 0 Å². The zero-order valence-corrected chi connectivity index (χ0v) is 17.5. The summed E-state index contributed by atoms with van der Waals surface area (Å²) in [7, 11) is 0. The highest BCUT2D eigenvalue weighted by atomic mass is 19.2. The van der Waals surface area contributed by atoms with Crippen LogP contribution in [0.25, 0.3) is 0 Å². The third kappa shape index (κ3) is 3.89. The molecule has 156 valence electrons. The Kier molecular flexibility index (Phi) is 5.22. The summed E-state index contributed by atoms with van der Waals surface area (Å²) < 4.78 is 29.0. The van der Waals surface area contributed by atoms with Gasteiger partial charge in [0.15, 0.2) is 11.6 Å². The molecule has 2 atom stereocenters. The molecule has 0 radical (unpaired) electrons. The largest absolute Gasteiger partial charge is 0.351 e. The van der Waals surface area contributed by atoms with E-state index in [4.69, 9.17) is 0 Å². The number of rotatable bonds is 3. The van der Waals surface area contributed by atoms with Crippen molar-refractivity contribution in [1.29, 1.82) is 0 Å². The quantitative estimate of drug-likeness (QED) is 0.579. The van der Waals surface area contributed by atoms with Gasteiger partial charge in [-0.2, -0.15) is 0 Å². The fourth-order valence-electron chi connectivity index (χ4n) is 4.25. The zero-order valence-electron chi connectivity index (χ0n) is 17.5. The van der Waals surface area contributed by atoms with E-state index in [1.807, 2.05) is 12.3 Å². The van der Waals surface area contributed by atoms with Crippen molar-refractivity contribution in [3.05, 3.63) is 89.2 Å². The van der Waals surface area contributed by atoms with Crippen molar-refractivity contribution in [2.45, 2.75) is 45.1 Å². The number of aryl methyl sites for hydroxylation is 1. The molecule has 5 heteroatoms. The first kappa shape index (κ1) is 20.3. The molecule has 0 spiro atoms. The summed E-state index contributed by atoms with van der Waals surface area (Å²) in [5, 5.41) is 2.78. The van der Waals surface area contributed by atoms with Crippen LogP contribution in [0.3, 0.4) is 0 Å². The summed E-state index contributed by atoms with van der Waals surface area (Å²) >= 11 is 0. The zero-order chi connectivity index (χ0) is 21.5. The van der Waals surface area contributed by atoms with Gasteiger partial charge in [-0.3, -0.25) is 4.79 Å². The normalized spacial score (nSPS) is 18.7. The Labute approximate surface area is 175 Å². The van der Waals surface area contributed by atoms with Gasteiger partial charge in [-0.15, -0.1) is 0 Å². The molecule has 1 amide bonds. The standard InChI is InChI=1S/C25H26F2N2O/c1-25(2,3)17-8-6-16(7-9-17)23-19(12-14-29-13-4-5-22(23)29)24(30)28-18-10-11-20(26)21(27)15-18/h4-11,13,15,19,23H,12,14H2,1-3H3,(H,28,30). The van der Waals surface area contributed by atoms with Crippen LogP contribution in [0, 0.1) is 17.6 Å². The number of aromatic nitrogens is 1. The van der Waals surface area contributed by atoms with Gasteiger partial charge < -0.3 is 9.88 Å². The van der Waals surface area contributed by atoms with Gasteiger partial charge in [-0.05, 0) is 47.2 Å². The lowest BCUT2D eigenvalue weighted by molar-refractivity contribution is -0.120. The van der Waals surface area contributed by atoms with Crippen LogP contribution in [0.15, 0.2) is 60.8 Å². The van der Waals surface area contributed by atoms with Crippen molar-refractivity contribution < 1.29 is 13.6 Å². The predicted octanol–water partition coefficient (Wildman–Crippen LogP) is 5.85. The second kappa shape index (κ2) is 7.71. The van der Waals surface area contributed by atoms with E-state index in [0.717, 1.165) is 29.9 Å². The van der Waals surface area contributed by atoms with Crippen LogP contribution in [0.2, 0.25) is 0 Å². The number of nitrogens with zero attached hydrogens (tertiary/aromatic N) is 1. The minimum Gasteiger partial charge on any atom is -0.351 e. The second-order valence-electron chi connectivity index (χ2n) is 8.99. The van der Waals surface area contributed by atoms with E-state index < -0.39 is 11.6 Å². The molecule has 3 nitrogen and oxygen atoms in total. The van der Waals surface area contributed by atoms with Crippen LogP contribution < -0.4 is 5.32 Å². The lowest BCUT2D eigenvalue weighted by Gasteiger charge is -2.33. The molecule has 1 aliphatic rings. The topological polar surface area (TPSA) is 34.0 Å². The first-order valence-electron chi connectivity index (χ1n) is 10.3. The molecule has 1 aromatic heterocycles. The molecule has 0 saturated heterocycles. The van der Waals surface area contributed by atoms with Crippen LogP contribution >= 0.6 is 0 Å². The molecule has 30 heavy (non-hydrogen) atoms. The van der Waals surface area contributed by atoms with Crippen molar-refractivity contribution in [2.24, 2.45) is 5.92 Å². The second-order valence-corrected chi connectivity index (χ2v) is 8.99. The summed E-state index contributed by atoms with van der Waals surface area (Å²) in [4.78, 5) is 13.2. The van der Waals surface area contributed by atoms with Crippen LogP contribution in [-0.2, 0) is 16.8 Å². The highest BCUT2D eigenvalue weighted by Crippen LogP contribution is 2.39. The smallest absolute Gasteiger partial charge is 0.228 e. The molecule has 4 rings (SSSR count). The maximum absolute atomic E-state index is 13.6. The lowest BCUT2D eigenvalue weighted by atomic mass is 9.77. The van der Waals surface area contributed by atoms with Gasteiger partial charge in [0.05, 0.1) is 5.92 Å². The summed E-state index contributed by atoms with van der Waals surface area (Å²) in [6, 6.07) is 15.9. The van der Waals surface area contributed by atoms with Crippen LogP contribution in [0.5, 0.6) is 0 Å². The number of hydrogen-bond donors (Lipinski definition) is 1. The number of hydrogen-bond acceptors (Lipinski definition) is 1. The molecule has 0 saturated carbocycles. The molecule has 0 bridgehead atoms. The van der Waals surface area contributed by atoms with Crippen LogP contribution in [0.4, 0.5) is 14.5 Å². The van der Waals surface area contributed by atoms with Crippen molar-refractivity contribution in [1.82, 2.24) is 4.57 Å². The van der Waals surface area contributed by atoms with Crippen LogP contribution in [-0.4, -0.2) is 10.5 Å². The molecule has 2 heterocycles. The molecule has 0 fully saturated rings. The summed E-state index contributed by atoms with van der Waals surface area (Å²) in [6.07, 6.45) is 2.71. The van der Waals surface area contributed by atoms with Crippen molar-refractivity contribution >= 4 is 11.6 Å². The Morgan fingerprint density at radius 3 is 2.43 bits per heavy atom. The molecule has 3 aromatic rings. The third-order valence-corrected chi connectivity index (χ3v) is 5.93. The summed E-state index contributed by atoms with van der Waals surface area (Å²) in [5.74, 6) is -2.49. The molecule has 0 aliphatic carbocycles. The maximum Gasteiger partial charge on any atom is 0.228 e. The van der Waals surface area contributed by atoms with Gasteiger partial charge in [0.1, 0.15) is 0 Å². The monoisotopic (exact) mass is 408 g/mol. The number of benzene rings is 2. The number of nitrogens with one attached hydrogen (secondary N) is 1. The molecule has 1 aliphatic heterocycles. The minimum atomic E-state index is -0.973. The average Bonchev–Trinajstić information content (AvgIpc) is 3.18. The Morgan fingerprint density at radius 2 is 1.77 bits per heavy atom. The van der Waals surface area contributed by atoms with Gasteiger partial charge in [-0.25, -0.2) is 8.78 Å². The van der Waals surface area contributed by atoms with Crippen LogP contribution in [0.1, 0.15) is 49.9 Å². The third-order valence-electron chi connectivity index (χ3n) is 5.93. The Morgan fingerprint density at radius 1 is 1.03 bits per heavy atom. The Hall–Kier alpha value is -2.95. The van der Waals surface area contributed by atoms with E-state index in [2.05, 4.69) is 61.0 Å². The summed E-state index contributed by atoms with van der Waals surface area (Å²) in [5.41, 5.74) is 3.72. The van der Waals surface area contributed by atoms with Gasteiger partial charge in [-0.1, -0.05) is 45.0 Å². The molecular formula is C25H26F2N2O. The highest BCUT2D eigenvalue weighted by molar-refractivity contribution is 5.93. The predicted molar refractivity (Wildman–Crippen MR) is 115 cm³/mol. The van der Waals surface area contributed by atoms with E-state index in [9.17, 15) is 13.6 Å². The molecule has 2 aromatic carbocycles. The van der Waals surface area contributed by atoms with Gasteiger partial charge in [0.2, 0.25) is 5.91 Å². The summed E-state index contributed by atoms with van der Waals surface area (Å²) in [6.45, 7) is 7.26. The van der Waals surface area contributed by atoms with E-state index in [1.54, 1.807) is 0 Å². The number of fused-ring (bicyclic) bond motifs is 1. The first-order chi connectivity index (χ1) is 14.2. The fourth-order valence-corrected chi connectivity index (χ4v) is 4.25. The molecule has 2 unspecified atom stereocenters. The van der Waals surface area contributed by atoms with Crippen molar-refractivity contribution in [3.63, 3.8) is 0 Å². The maximum atomic E-state index is 13.6. The number of anilines is 1. The highest BCUT2D eigenvalue weighted by Gasteiger charge is 2.36. The van der Waals surface area contributed by atoms with Gasteiger partial charge >= 0.3 is 0 Å². The van der Waals surface area contributed by atoms with Crippen molar-refractivity contribution in [2.75, 3.05) is 5.32 Å². The number of carbonyl (C=O) groups excluding carboxylic acids is 1. The number of carbonyl (C=O) groups is 1.